The average molecular weight is 305 g/mol. The fraction of sp³-hybridized carbons (Fsp3) is 0.238. The van der Waals surface area contributed by atoms with Crippen LogP contribution >= 0.6 is 0 Å². The summed E-state index contributed by atoms with van der Waals surface area (Å²) in [5, 5.41) is 6.31. The molecule has 0 unspecified atom stereocenters. The average Bonchev–Trinajstić information content (AvgIpc) is 2.61. The van der Waals surface area contributed by atoms with Gasteiger partial charge >= 0.3 is 0 Å². The topological polar surface area (TPSA) is 21.3 Å². The third-order valence-electron chi connectivity index (χ3n) is 4.41. The largest absolute Gasteiger partial charge is 0.497 e. The molecule has 0 aromatic heterocycles. The van der Waals surface area contributed by atoms with Gasteiger partial charge in [-0.2, -0.15) is 0 Å². The van der Waals surface area contributed by atoms with E-state index in [1.54, 1.807) is 7.11 Å². The van der Waals surface area contributed by atoms with Gasteiger partial charge in [0.25, 0.3) is 0 Å². The SMILES string of the molecule is COc1ccc([C@@H](C)N[C@@H](C)c2cccc3ccccc23)cc1. The first-order valence-electron chi connectivity index (χ1n) is 8.06. The molecule has 0 bridgehead atoms. The fourth-order valence-corrected chi connectivity index (χ4v) is 3.08. The Morgan fingerprint density at radius 2 is 1.48 bits per heavy atom. The van der Waals surface area contributed by atoms with Gasteiger partial charge in [0.15, 0.2) is 0 Å². The summed E-state index contributed by atoms with van der Waals surface area (Å²) < 4.78 is 5.23. The molecule has 3 aromatic carbocycles. The van der Waals surface area contributed by atoms with Crippen molar-refractivity contribution in [2.45, 2.75) is 25.9 Å². The molecule has 23 heavy (non-hydrogen) atoms. The van der Waals surface area contributed by atoms with E-state index >= 15 is 0 Å². The van der Waals surface area contributed by atoms with Gasteiger partial charge in [-0.1, -0.05) is 54.6 Å². The zero-order chi connectivity index (χ0) is 16.2. The molecule has 0 amide bonds. The lowest BCUT2D eigenvalue weighted by Crippen LogP contribution is -2.22. The van der Waals surface area contributed by atoms with Crippen molar-refractivity contribution >= 4 is 10.8 Å². The van der Waals surface area contributed by atoms with Crippen LogP contribution in [0.15, 0.2) is 66.7 Å². The third kappa shape index (κ3) is 3.38. The van der Waals surface area contributed by atoms with E-state index in [-0.39, 0.29) is 12.1 Å². The zero-order valence-electron chi connectivity index (χ0n) is 13.9. The van der Waals surface area contributed by atoms with Gasteiger partial charge in [0.1, 0.15) is 5.75 Å². The van der Waals surface area contributed by atoms with Crippen molar-refractivity contribution in [3.8, 4) is 5.75 Å². The maximum Gasteiger partial charge on any atom is 0.118 e. The summed E-state index contributed by atoms with van der Waals surface area (Å²) in [7, 11) is 1.69. The lowest BCUT2D eigenvalue weighted by atomic mass is 9.98. The number of ether oxygens (including phenoxy) is 1. The van der Waals surface area contributed by atoms with Gasteiger partial charge in [-0.15, -0.1) is 0 Å². The Labute approximate surface area is 138 Å². The maximum absolute atomic E-state index is 5.23. The Balaban J connectivity index is 1.80. The van der Waals surface area contributed by atoms with Crippen molar-refractivity contribution in [1.82, 2.24) is 5.32 Å². The fourth-order valence-electron chi connectivity index (χ4n) is 3.08. The standard InChI is InChI=1S/C21H23NO/c1-15(17-11-13-19(23-3)14-12-17)22-16(2)20-10-6-8-18-7-4-5-9-21(18)20/h4-16,22H,1-3H3/t15-,16+/m1/s1. The Kier molecular flexibility index (Phi) is 4.63. The van der Waals surface area contributed by atoms with Crippen molar-refractivity contribution in [2.24, 2.45) is 0 Å². The Morgan fingerprint density at radius 3 is 2.22 bits per heavy atom. The van der Waals surface area contributed by atoms with Gasteiger partial charge in [0, 0.05) is 12.1 Å². The smallest absolute Gasteiger partial charge is 0.118 e. The molecule has 1 N–H and O–H groups in total. The van der Waals surface area contributed by atoms with Crippen molar-refractivity contribution < 1.29 is 4.74 Å². The van der Waals surface area contributed by atoms with Crippen LogP contribution in [0, 0.1) is 0 Å². The van der Waals surface area contributed by atoms with Gasteiger partial charge in [-0.25, -0.2) is 0 Å². The molecule has 0 aliphatic heterocycles. The molecule has 2 atom stereocenters. The van der Waals surface area contributed by atoms with Gasteiger partial charge in [0.05, 0.1) is 7.11 Å². The highest BCUT2D eigenvalue weighted by Crippen LogP contribution is 2.26. The minimum atomic E-state index is 0.273. The Hall–Kier alpha value is -2.32. The second kappa shape index (κ2) is 6.84. The van der Waals surface area contributed by atoms with Crippen LogP contribution in [0.1, 0.15) is 37.1 Å². The predicted octanol–water partition coefficient (Wildman–Crippen LogP) is 5.26. The van der Waals surface area contributed by atoms with Crippen LogP contribution in [-0.4, -0.2) is 7.11 Å². The Bertz CT molecular complexity index is 774. The summed E-state index contributed by atoms with van der Waals surface area (Å²) in [5.74, 6) is 0.892. The first-order valence-corrected chi connectivity index (χ1v) is 8.06. The van der Waals surface area contributed by atoms with Crippen LogP contribution in [0.25, 0.3) is 10.8 Å². The molecule has 0 radical (unpaired) electrons. The summed E-state index contributed by atoms with van der Waals surface area (Å²) >= 11 is 0. The van der Waals surface area contributed by atoms with Crippen LogP contribution in [0.4, 0.5) is 0 Å². The number of rotatable bonds is 5. The van der Waals surface area contributed by atoms with Crippen molar-refractivity contribution in [3.05, 3.63) is 77.9 Å². The van der Waals surface area contributed by atoms with E-state index in [0.29, 0.717) is 0 Å². The maximum atomic E-state index is 5.23. The first kappa shape index (κ1) is 15.6. The molecule has 0 aliphatic carbocycles. The van der Waals surface area contributed by atoms with Crippen LogP contribution in [0.5, 0.6) is 5.75 Å². The molecule has 0 saturated heterocycles. The lowest BCUT2D eigenvalue weighted by Gasteiger charge is -2.22. The summed E-state index contributed by atoms with van der Waals surface area (Å²) in [6.45, 7) is 4.42. The number of benzene rings is 3. The quantitative estimate of drug-likeness (QED) is 0.694. The number of hydrogen-bond donors (Lipinski definition) is 1. The molecular formula is C21H23NO. The lowest BCUT2D eigenvalue weighted by molar-refractivity contribution is 0.414. The van der Waals surface area contributed by atoms with E-state index in [4.69, 9.17) is 4.74 Å². The summed E-state index contributed by atoms with van der Waals surface area (Å²) in [5.41, 5.74) is 2.60. The van der Waals surface area contributed by atoms with E-state index in [2.05, 4.69) is 73.8 Å². The molecule has 0 fully saturated rings. The molecule has 118 valence electrons. The number of fused-ring (bicyclic) bond motifs is 1. The molecule has 2 nitrogen and oxygen atoms in total. The molecule has 0 heterocycles. The zero-order valence-corrected chi connectivity index (χ0v) is 13.9. The van der Waals surface area contributed by atoms with Crippen molar-refractivity contribution in [3.63, 3.8) is 0 Å². The predicted molar refractivity (Wildman–Crippen MR) is 96.9 cm³/mol. The second-order valence-electron chi connectivity index (χ2n) is 5.95. The summed E-state index contributed by atoms with van der Waals surface area (Å²) in [6.07, 6.45) is 0. The molecule has 2 heteroatoms. The van der Waals surface area contributed by atoms with Gasteiger partial charge in [-0.05, 0) is 47.9 Å². The van der Waals surface area contributed by atoms with E-state index in [0.717, 1.165) is 5.75 Å². The minimum Gasteiger partial charge on any atom is -0.497 e. The number of methoxy groups -OCH3 is 1. The molecule has 3 aromatic rings. The molecule has 0 spiro atoms. The molecule has 3 rings (SSSR count). The molecule has 0 aliphatic rings. The highest BCUT2D eigenvalue weighted by atomic mass is 16.5. The van der Waals surface area contributed by atoms with Gasteiger partial charge in [0.2, 0.25) is 0 Å². The second-order valence-corrected chi connectivity index (χ2v) is 5.95. The highest BCUT2D eigenvalue weighted by Gasteiger charge is 2.13. The van der Waals surface area contributed by atoms with Crippen molar-refractivity contribution in [2.75, 3.05) is 7.11 Å². The number of nitrogens with one attached hydrogen (secondary N) is 1. The van der Waals surface area contributed by atoms with E-state index in [1.807, 2.05) is 12.1 Å². The normalized spacial score (nSPS) is 13.7. The monoisotopic (exact) mass is 305 g/mol. The van der Waals surface area contributed by atoms with Gasteiger partial charge in [-0.3, -0.25) is 0 Å². The first-order chi connectivity index (χ1) is 11.2. The van der Waals surface area contributed by atoms with Crippen LogP contribution < -0.4 is 10.1 Å². The van der Waals surface area contributed by atoms with Gasteiger partial charge < -0.3 is 10.1 Å². The number of hydrogen-bond acceptors (Lipinski definition) is 2. The highest BCUT2D eigenvalue weighted by molar-refractivity contribution is 5.86. The summed E-state index contributed by atoms with van der Waals surface area (Å²) in [4.78, 5) is 0. The minimum absolute atomic E-state index is 0.273. The van der Waals surface area contributed by atoms with Crippen LogP contribution in [-0.2, 0) is 0 Å². The summed E-state index contributed by atoms with van der Waals surface area (Å²) in [6, 6.07) is 23.9. The van der Waals surface area contributed by atoms with Crippen LogP contribution in [0.2, 0.25) is 0 Å². The van der Waals surface area contributed by atoms with Crippen LogP contribution in [0.3, 0.4) is 0 Å². The van der Waals surface area contributed by atoms with E-state index in [9.17, 15) is 0 Å². The van der Waals surface area contributed by atoms with E-state index in [1.165, 1.54) is 21.9 Å². The molecular weight excluding hydrogens is 282 g/mol. The molecule has 0 saturated carbocycles. The third-order valence-corrected chi connectivity index (χ3v) is 4.41. The Morgan fingerprint density at radius 1 is 0.783 bits per heavy atom. The van der Waals surface area contributed by atoms with E-state index < -0.39 is 0 Å². The van der Waals surface area contributed by atoms with Crippen molar-refractivity contribution in [1.29, 1.82) is 0 Å².